The molecule has 0 saturated carbocycles. The van der Waals surface area contributed by atoms with Crippen molar-refractivity contribution in [3.63, 3.8) is 0 Å². The predicted octanol–water partition coefficient (Wildman–Crippen LogP) is 3.99. The molecule has 20 heavy (non-hydrogen) atoms. The van der Waals surface area contributed by atoms with Crippen molar-refractivity contribution in [3.05, 3.63) is 40.4 Å². The molecule has 3 rings (SSSR count). The van der Waals surface area contributed by atoms with E-state index in [4.69, 9.17) is 0 Å². The van der Waals surface area contributed by atoms with Gasteiger partial charge in [-0.15, -0.1) is 11.3 Å². The number of thiazole rings is 1. The van der Waals surface area contributed by atoms with Crippen molar-refractivity contribution >= 4 is 27.9 Å². The van der Waals surface area contributed by atoms with E-state index in [1.807, 2.05) is 7.05 Å². The van der Waals surface area contributed by atoms with Crippen LogP contribution in [0.3, 0.4) is 0 Å². The average molecular weight is 286 g/mol. The number of benzene rings is 1. The van der Waals surface area contributed by atoms with Crippen LogP contribution < -0.4 is 4.90 Å². The maximum Gasteiger partial charge on any atom is 0.190 e. The van der Waals surface area contributed by atoms with Crippen LogP contribution in [0.4, 0.5) is 10.8 Å². The maximum atomic E-state index is 11.9. The first kappa shape index (κ1) is 13.3. The fourth-order valence-corrected chi connectivity index (χ4v) is 3.57. The summed E-state index contributed by atoms with van der Waals surface area (Å²) in [5, 5.41) is 0.912. The summed E-state index contributed by atoms with van der Waals surface area (Å²) in [6, 6.07) is 8.51. The van der Waals surface area contributed by atoms with E-state index in [1.165, 1.54) is 5.56 Å². The first-order valence-corrected chi connectivity index (χ1v) is 7.86. The monoisotopic (exact) mass is 286 g/mol. The van der Waals surface area contributed by atoms with Gasteiger partial charge in [0, 0.05) is 24.0 Å². The highest BCUT2D eigenvalue weighted by molar-refractivity contribution is 7.16. The zero-order chi connectivity index (χ0) is 14.1. The number of fused-ring (bicyclic) bond motifs is 1. The number of aryl methyl sites for hydroxylation is 2. The Morgan fingerprint density at radius 3 is 2.65 bits per heavy atom. The third-order valence-corrected chi connectivity index (χ3v) is 4.97. The van der Waals surface area contributed by atoms with E-state index in [1.54, 1.807) is 11.3 Å². The van der Waals surface area contributed by atoms with Crippen molar-refractivity contribution in [2.75, 3.05) is 11.9 Å². The molecule has 104 valence electrons. The zero-order valence-corrected chi connectivity index (χ0v) is 12.7. The molecule has 1 aromatic carbocycles. The molecule has 0 amide bonds. The highest BCUT2D eigenvalue weighted by atomic mass is 32.1. The molecule has 0 spiro atoms. The zero-order valence-electron chi connectivity index (χ0n) is 11.8. The topological polar surface area (TPSA) is 33.2 Å². The Balaban J connectivity index is 1.90. The molecule has 0 radical (unpaired) electrons. The molecule has 0 saturated heterocycles. The number of ketones is 1. The number of hydrogen-bond acceptors (Lipinski definition) is 4. The normalized spacial score (nSPS) is 14.2. The van der Waals surface area contributed by atoms with Crippen molar-refractivity contribution in [1.82, 2.24) is 4.98 Å². The molecule has 0 fully saturated rings. The van der Waals surface area contributed by atoms with Gasteiger partial charge < -0.3 is 4.90 Å². The average Bonchev–Trinajstić information content (AvgIpc) is 2.92. The molecule has 0 aliphatic heterocycles. The van der Waals surface area contributed by atoms with Gasteiger partial charge in [-0.3, -0.25) is 4.79 Å². The quantitative estimate of drug-likeness (QED) is 0.855. The molecule has 0 atom stereocenters. The molecule has 0 unspecified atom stereocenters. The van der Waals surface area contributed by atoms with Gasteiger partial charge in [0.25, 0.3) is 0 Å². The first-order chi connectivity index (χ1) is 9.69. The summed E-state index contributed by atoms with van der Waals surface area (Å²) in [5.74, 6) is 0.198. The number of hydrogen-bond donors (Lipinski definition) is 0. The summed E-state index contributed by atoms with van der Waals surface area (Å²) in [7, 11) is 2.01. The largest absolute Gasteiger partial charge is 0.321 e. The highest BCUT2D eigenvalue weighted by Gasteiger charge is 2.23. The van der Waals surface area contributed by atoms with Crippen LogP contribution in [-0.2, 0) is 12.8 Å². The lowest BCUT2D eigenvalue weighted by Gasteiger charge is -2.16. The fraction of sp³-hybridized carbons (Fsp3) is 0.375. The summed E-state index contributed by atoms with van der Waals surface area (Å²) >= 11 is 1.65. The Morgan fingerprint density at radius 1 is 1.25 bits per heavy atom. The minimum atomic E-state index is 0.198. The van der Waals surface area contributed by atoms with Gasteiger partial charge in [0.2, 0.25) is 0 Å². The van der Waals surface area contributed by atoms with Crippen molar-refractivity contribution in [2.24, 2.45) is 0 Å². The lowest BCUT2D eigenvalue weighted by molar-refractivity contribution is 0.0968. The SMILES string of the molecule is CCc1ccc(N(C)c2nc3c(s2)CCCC3=O)cc1. The van der Waals surface area contributed by atoms with Gasteiger partial charge in [-0.2, -0.15) is 0 Å². The molecule has 1 heterocycles. The van der Waals surface area contributed by atoms with Gasteiger partial charge in [0.05, 0.1) is 0 Å². The van der Waals surface area contributed by atoms with E-state index < -0.39 is 0 Å². The van der Waals surface area contributed by atoms with Crippen molar-refractivity contribution in [3.8, 4) is 0 Å². The second kappa shape index (κ2) is 5.37. The number of anilines is 2. The van der Waals surface area contributed by atoms with Crippen LogP contribution in [0.2, 0.25) is 0 Å². The Morgan fingerprint density at radius 2 is 2.00 bits per heavy atom. The molecule has 0 N–H and O–H groups in total. The van der Waals surface area contributed by atoms with E-state index in [2.05, 4.69) is 41.1 Å². The van der Waals surface area contributed by atoms with E-state index >= 15 is 0 Å². The number of carbonyl (C=O) groups excluding carboxylic acids is 1. The molecule has 1 aliphatic rings. The third kappa shape index (κ3) is 2.36. The van der Waals surface area contributed by atoms with Crippen LogP contribution in [0, 0.1) is 0 Å². The summed E-state index contributed by atoms with van der Waals surface area (Å²) in [4.78, 5) is 19.6. The van der Waals surface area contributed by atoms with E-state index in [0.717, 1.165) is 35.0 Å². The lowest BCUT2D eigenvalue weighted by atomic mass is 10.0. The maximum absolute atomic E-state index is 11.9. The van der Waals surface area contributed by atoms with Crippen molar-refractivity contribution in [1.29, 1.82) is 0 Å². The second-order valence-corrected chi connectivity index (χ2v) is 6.19. The van der Waals surface area contributed by atoms with Crippen molar-refractivity contribution in [2.45, 2.75) is 32.6 Å². The first-order valence-electron chi connectivity index (χ1n) is 7.04. The van der Waals surface area contributed by atoms with Crippen LogP contribution in [-0.4, -0.2) is 17.8 Å². The fourth-order valence-electron chi connectivity index (χ4n) is 2.46. The minimum absolute atomic E-state index is 0.198. The van der Waals surface area contributed by atoms with Gasteiger partial charge >= 0.3 is 0 Å². The molecule has 4 heteroatoms. The van der Waals surface area contributed by atoms with Crippen LogP contribution >= 0.6 is 11.3 Å². The molecule has 0 bridgehead atoms. The summed E-state index contributed by atoms with van der Waals surface area (Å²) < 4.78 is 0. The Bertz CT molecular complexity index is 630. The molecular formula is C16H18N2OS. The third-order valence-electron chi connectivity index (χ3n) is 3.78. The lowest BCUT2D eigenvalue weighted by Crippen LogP contribution is -2.11. The van der Waals surface area contributed by atoms with E-state index in [-0.39, 0.29) is 5.78 Å². The molecule has 1 aromatic heterocycles. The Labute approximate surface area is 123 Å². The van der Waals surface area contributed by atoms with E-state index in [9.17, 15) is 4.79 Å². The molecule has 1 aliphatic carbocycles. The van der Waals surface area contributed by atoms with Crippen molar-refractivity contribution < 1.29 is 4.79 Å². The standard InChI is InChI=1S/C16H18N2OS/c1-3-11-7-9-12(10-8-11)18(2)16-17-15-13(19)5-4-6-14(15)20-16/h7-10H,3-6H2,1-2H3. The van der Waals surface area contributed by atoms with Crippen LogP contribution in [0.25, 0.3) is 0 Å². The van der Waals surface area contributed by atoms with Crippen LogP contribution in [0.5, 0.6) is 0 Å². The van der Waals surface area contributed by atoms with Gasteiger partial charge in [-0.05, 0) is 37.0 Å². The summed E-state index contributed by atoms with van der Waals surface area (Å²) in [6.07, 6.45) is 3.64. The summed E-state index contributed by atoms with van der Waals surface area (Å²) in [6.45, 7) is 2.15. The second-order valence-electron chi connectivity index (χ2n) is 5.12. The number of aromatic nitrogens is 1. The predicted molar refractivity (Wildman–Crippen MR) is 83.3 cm³/mol. The van der Waals surface area contributed by atoms with E-state index in [0.29, 0.717) is 12.1 Å². The molecule has 2 aromatic rings. The molecular weight excluding hydrogens is 268 g/mol. The number of Topliss-reactive ketones (excluding diaryl/α,β-unsaturated/α-hetero) is 1. The van der Waals surface area contributed by atoms with Crippen LogP contribution in [0.15, 0.2) is 24.3 Å². The minimum Gasteiger partial charge on any atom is -0.321 e. The summed E-state index contributed by atoms with van der Waals surface area (Å²) in [5.41, 5.74) is 3.14. The van der Waals surface area contributed by atoms with Gasteiger partial charge in [-0.25, -0.2) is 4.98 Å². The smallest absolute Gasteiger partial charge is 0.190 e. The number of rotatable bonds is 3. The highest BCUT2D eigenvalue weighted by Crippen LogP contribution is 2.34. The Hall–Kier alpha value is -1.68. The number of nitrogens with zero attached hydrogens (tertiary/aromatic N) is 2. The molecule has 3 nitrogen and oxygen atoms in total. The van der Waals surface area contributed by atoms with Gasteiger partial charge in [0.15, 0.2) is 10.9 Å². The van der Waals surface area contributed by atoms with Gasteiger partial charge in [-0.1, -0.05) is 19.1 Å². The Kier molecular flexibility index (Phi) is 3.57. The van der Waals surface area contributed by atoms with Crippen LogP contribution in [0.1, 0.15) is 40.7 Å². The number of carbonyl (C=O) groups is 1. The van der Waals surface area contributed by atoms with Gasteiger partial charge in [0.1, 0.15) is 5.69 Å².